The maximum atomic E-state index is 10.7. The summed E-state index contributed by atoms with van der Waals surface area (Å²) in [5.74, 6) is 0.789. The van der Waals surface area contributed by atoms with E-state index in [1.165, 1.54) is 5.69 Å². The molecule has 0 fully saturated rings. The van der Waals surface area contributed by atoms with Crippen molar-refractivity contribution in [3.8, 4) is 0 Å². The van der Waals surface area contributed by atoms with Crippen LogP contribution in [0.3, 0.4) is 0 Å². The molecule has 1 aromatic heterocycles. The third-order valence-electron chi connectivity index (χ3n) is 1.76. The molecule has 3 nitrogen and oxygen atoms in total. The van der Waals surface area contributed by atoms with Gasteiger partial charge in [-0.25, -0.2) is 0 Å². The largest absolute Gasteiger partial charge is 0.364 e. The summed E-state index contributed by atoms with van der Waals surface area (Å²) in [4.78, 5) is 3.11. The van der Waals surface area contributed by atoms with E-state index in [0.717, 1.165) is 25.3 Å². The smallest absolute Gasteiger partial charge is 0.0357 e. The second-order valence-electron chi connectivity index (χ2n) is 3.00. The molecule has 1 aromatic rings. The lowest BCUT2D eigenvalue weighted by molar-refractivity contribution is 0.657. The van der Waals surface area contributed by atoms with Gasteiger partial charge in [-0.15, -0.1) is 0 Å². The Morgan fingerprint density at radius 3 is 3.08 bits per heavy atom. The van der Waals surface area contributed by atoms with Crippen LogP contribution in [0.1, 0.15) is 12.1 Å². The van der Waals surface area contributed by atoms with Crippen LogP contribution in [-0.4, -0.2) is 27.7 Å². The molecule has 0 aromatic carbocycles. The number of hydrogen-bond acceptors (Lipinski definition) is 2. The molecule has 74 valence electrons. The highest BCUT2D eigenvalue weighted by Crippen LogP contribution is 1.92. The second-order valence-corrected chi connectivity index (χ2v) is 4.56. The zero-order chi connectivity index (χ0) is 9.52. The van der Waals surface area contributed by atoms with Crippen LogP contribution in [0.2, 0.25) is 0 Å². The van der Waals surface area contributed by atoms with Crippen LogP contribution in [0, 0.1) is 0 Å². The molecule has 0 bridgehead atoms. The summed E-state index contributed by atoms with van der Waals surface area (Å²) in [5.41, 5.74) is 1.19. The number of aromatic amines is 1. The first kappa shape index (κ1) is 10.5. The highest BCUT2D eigenvalue weighted by atomic mass is 32.2. The lowest BCUT2D eigenvalue weighted by atomic mass is 10.4. The zero-order valence-corrected chi connectivity index (χ0v) is 8.69. The molecular formula is C9H16N2OS. The van der Waals surface area contributed by atoms with Crippen molar-refractivity contribution in [3.63, 3.8) is 0 Å². The van der Waals surface area contributed by atoms with Gasteiger partial charge in [-0.05, 0) is 25.1 Å². The van der Waals surface area contributed by atoms with Gasteiger partial charge in [-0.1, -0.05) is 0 Å². The molecule has 1 heterocycles. The molecule has 1 rings (SSSR count). The average Bonchev–Trinajstić information content (AvgIpc) is 2.55. The molecule has 0 aliphatic heterocycles. The number of hydrogen-bond donors (Lipinski definition) is 2. The molecule has 1 atom stereocenters. The fourth-order valence-corrected chi connectivity index (χ4v) is 1.65. The molecule has 0 radical (unpaired) electrons. The third-order valence-corrected chi connectivity index (χ3v) is 2.63. The van der Waals surface area contributed by atoms with Gasteiger partial charge in [-0.2, -0.15) is 0 Å². The molecule has 0 saturated heterocycles. The van der Waals surface area contributed by atoms with Gasteiger partial charge in [0, 0.05) is 41.2 Å². The van der Waals surface area contributed by atoms with E-state index in [4.69, 9.17) is 0 Å². The Bertz CT molecular complexity index is 246. The Hall–Kier alpha value is -0.610. The van der Waals surface area contributed by atoms with E-state index in [1.54, 1.807) is 6.26 Å². The zero-order valence-electron chi connectivity index (χ0n) is 7.88. The molecule has 0 spiro atoms. The predicted molar refractivity (Wildman–Crippen MR) is 56.0 cm³/mol. The number of H-pyrrole nitrogens is 1. The first-order valence-electron chi connectivity index (χ1n) is 4.42. The van der Waals surface area contributed by atoms with E-state index in [-0.39, 0.29) is 0 Å². The summed E-state index contributed by atoms with van der Waals surface area (Å²) in [7, 11) is -0.654. The van der Waals surface area contributed by atoms with E-state index in [2.05, 4.69) is 10.3 Å². The summed E-state index contributed by atoms with van der Waals surface area (Å²) in [6.45, 7) is 1.79. The summed E-state index contributed by atoms with van der Waals surface area (Å²) in [6, 6.07) is 4.03. The first-order valence-corrected chi connectivity index (χ1v) is 6.15. The van der Waals surface area contributed by atoms with Gasteiger partial charge in [0.25, 0.3) is 0 Å². The second kappa shape index (κ2) is 5.94. The molecule has 2 N–H and O–H groups in total. The van der Waals surface area contributed by atoms with Crippen LogP contribution in [0.4, 0.5) is 0 Å². The van der Waals surface area contributed by atoms with Crippen LogP contribution >= 0.6 is 0 Å². The van der Waals surface area contributed by atoms with Crippen LogP contribution in [-0.2, 0) is 17.3 Å². The van der Waals surface area contributed by atoms with E-state index in [0.29, 0.717) is 0 Å². The predicted octanol–water partition coefficient (Wildman–Crippen LogP) is 0.873. The van der Waals surface area contributed by atoms with Gasteiger partial charge < -0.3 is 10.3 Å². The maximum absolute atomic E-state index is 10.7. The van der Waals surface area contributed by atoms with Gasteiger partial charge in [-0.3, -0.25) is 4.21 Å². The van der Waals surface area contributed by atoms with Gasteiger partial charge in [0.15, 0.2) is 0 Å². The van der Waals surface area contributed by atoms with Crippen molar-refractivity contribution in [1.29, 1.82) is 0 Å². The average molecular weight is 200 g/mol. The number of nitrogens with one attached hydrogen (secondary N) is 2. The fourth-order valence-electron chi connectivity index (χ4n) is 1.10. The van der Waals surface area contributed by atoms with Crippen molar-refractivity contribution in [2.75, 3.05) is 18.6 Å². The summed E-state index contributed by atoms with van der Waals surface area (Å²) < 4.78 is 10.7. The standard InChI is InChI=1S/C9H16N2OS/c1-13(12)7-3-5-10-8-9-4-2-6-11-9/h2,4,6,10-11H,3,5,7-8H2,1H3. The molecule has 13 heavy (non-hydrogen) atoms. The Morgan fingerprint density at radius 1 is 1.62 bits per heavy atom. The molecule has 4 heteroatoms. The van der Waals surface area contributed by atoms with E-state index in [1.807, 2.05) is 18.3 Å². The maximum Gasteiger partial charge on any atom is 0.0357 e. The lowest BCUT2D eigenvalue weighted by Crippen LogP contribution is -2.16. The third kappa shape index (κ3) is 4.85. The van der Waals surface area contributed by atoms with Crippen LogP contribution < -0.4 is 5.32 Å². The van der Waals surface area contributed by atoms with Gasteiger partial charge >= 0.3 is 0 Å². The summed E-state index contributed by atoms with van der Waals surface area (Å²) >= 11 is 0. The van der Waals surface area contributed by atoms with E-state index in [9.17, 15) is 4.21 Å². The molecular weight excluding hydrogens is 184 g/mol. The van der Waals surface area contributed by atoms with E-state index >= 15 is 0 Å². The SMILES string of the molecule is CS(=O)CCCNCc1ccc[nH]1. The van der Waals surface area contributed by atoms with Gasteiger partial charge in [0.2, 0.25) is 0 Å². The normalized spacial score (nSPS) is 13.0. The van der Waals surface area contributed by atoms with Crippen LogP contribution in [0.5, 0.6) is 0 Å². The van der Waals surface area contributed by atoms with Crippen LogP contribution in [0.25, 0.3) is 0 Å². The molecule has 0 aliphatic rings. The number of aromatic nitrogens is 1. The molecule has 1 unspecified atom stereocenters. The minimum Gasteiger partial charge on any atom is -0.364 e. The Morgan fingerprint density at radius 2 is 2.46 bits per heavy atom. The van der Waals surface area contributed by atoms with Crippen molar-refractivity contribution >= 4 is 10.8 Å². The highest BCUT2D eigenvalue weighted by molar-refractivity contribution is 7.84. The van der Waals surface area contributed by atoms with Gasteiger partial charge in [0.1, 0.15) is 0 Å². The quantitative estimate of drug-likeness (QED) is 0.669. The molecule has 0 amide bonds. The lowest BCUT2D eigenvalue weighted by Gasteiger charge is -2.01. The van der Waals surface area contributed by atoms with Crippen molar-refractivity contribution in [2.24, 2.45) is 0 Å². The van der Waals surface area contributed by atoms with E-state index < -0.39 is 10.8 Å². The van der Waals surface area contributed by atoms with Crippen molar-refractivity contribution < 1.29 is 4.21 Å². The molecule has 0 saturated carbocycles. The minimum absolute atomic E-state index is 0.654. The number of rotatable bonds is 6. The first-order chi connectivity index (χ1) is 6.29. The van der Waals surface area contributed by atoms with Gasteiger partial charge in [0.05, 0.1) is 0 Å². The van der Waals surface area contributed by atoms with Crippen molar-refractivity contribution in [3.05, 3.63) is 24.0 Å². The van der Waals surface area contributed by atoms with Crippen LogP contribution in [0.15, 0.2) is 18.3 Å². The van der Waals surface area contributed by atoms with Crippen molar-refractivity contribution in [2.45, 2.75) is 13.0 Å². The fraction of sp³-hybridized carbons (Fsp3) is 0.556. The minimum atomic E-state index is -0.654. The Labute approximate surface area is 81.4 Å². The highest BCUT2D eigenvalue weighted by Gasteiger charge is 1.93. The summed E-state index contributed by atoms with van der Waals surface area (Å²) in [5, 5.41) is 3.28. The monoisotopic (exact) mass is 200 g/mol. The molecule has 0 aliphatic carbocycles. The Balaban J connectivity index is 1.99. The van der Waals surface area contributed by atoms with Crippen molar-refractivity contribution in [1.82, 2.24) is 10.3 Å². The Kier molecular flexibility index (Phi) is 4.78. The topological polar surface area (TPSA) is 44.9 Å². The summed E-state index contributed by atoms with van der Waals surface area (Å²) in [6.07, 6.45) is 4.63.